The van der Waals surface area contributed by atoms with E-state index in [2.05, 4.69) is 20.8 Å². The van der Waals surface area contributed by atoms with Crippen molar-refractivity contribution >= 4 is 22.9 Å². The molecule has 1 rings (SSSR count). The molecule has 2 atom stereocenters. The molecule has 0 fully saturated rings. The molecule has 3 heteroatoms. The van der Waals surface area contributed by atoms with Gasteiger partial charge in [-0.3, -0.25) is 0 Å². The largest absolute Gasteiger partial charge is 0.323 e. The van der Waals surface area contributed by atoms with Crippen LogP contribution in [0.3, 0.4) is 0 Å². The summed E-state index contributed by atoms with van der Waals surface area (Å²) in [6.07, 6.45) is 0. The maximum Gasteiger partial charge on any atom is 0.0561 e. The standard InChI is InChI=1S/C10H16ClNS/c1-6(2)7(3)9(12)10-8(11)4-5-13-10/h4-7,9H,12H2,1-3H3. The molecule has 74 valence electrons. The third-order valence-corrected chi connectivity index (χ3v) is 4.03. The zero-order chi connectivity index (χ0) is 10.0. The summed E-state index contributed by atoms with van der Waals surface area (Å²) in [5, 5.41) is 2.80. The normalized spacial score (nSPS) is 16.2. The maximum absolute atomic E-state index is 6.11. The monoisotopic (exact) mass is 217 g/mol. The second-order valence-corrected chi connectivity index (χ2v) is 5.12. The van der Waals surface area contributed by atoms with Crippen LogP contribution < -0.4 is 5.73 Å². The van der Waals surface area contributed by atoms with Crippen molar-refractivity contribution in [2.24, 2.45) is 17.6 Å². The Bertz CT molecular complexity index is 270. The fourth-order valence-electron chi connectivity index (χ4n) is 1.20. The number of nitrogens with two attached hydrogens (primary N) is 1. The highest BCUT2D eigenvalue weighted by atomic mass is 35.5. The molecule has 0 radical (unpaired) electrons. The van der Waals surface area contributed by atoms with Crippen molar-refractivity contribution in [1.82, 2.24) is 0 Å². The van der Waals surface area contributed by atoms with E-state index in [1.54, 1.807) is 11.3 Å². The van der Waals surface area contributed by atoms with Crippen LogP contribution in [0.4, 0.5) is 0 Å². The lowest BCUT2D eigenvalue weighted by molar-refractivity contribution is 0.356. The SMILES string of the molecule is CC(C)C(C)C(N)c1sccc1Cl. The predicted molar refractivity (Wildman–Crippen MR) is 60.3 cm³/mol. The molecule has 0 spiro atoms. The highest BCUT2D eigenvalue weighted by molar-refractivity contribution is 7.10. The van der Waals surface area contributed by atoms with E-state index >= 15 is 0 Å². The fourth-order valence-corrected chi connectivity index (χ4v) is 2.50. The van der Waals surface area contributed by atoms with Gasteiger partial charge in [0, 0.05) is 10.9 Å². The molecule has 1 aromatic rings. The molecule has 0 saturated heterocycles. The minimum Gasteiger partial charge on any atom is -0.323 e. The number of hydrogen-bond acceptors (Lipinski definition) is 2. The van der Waals surface area contributed by atoms with Gasteiger partial charge in [-0.2, -0.15) is 0 Å². The van der Waals surface area contributed by atoms with Crippen molar-refractivity contribution in [2.75, 3.05) is 0 Å². The molecule has 0 aliphatic heterocycles. The number of hydrogen-bond donors (Lipinski definition) is 1. The van der Waals surface area contributed by atoms with Gasteiger partial charge in [-0.1, -0.05) is 32.4 Å². The van der Waals surface area contributed by atoms with E-state index in [4.69, 9.17) is 17.3 Å². The summed E-state index contributed by atoms with van der Waals surface area (Å²) in [4.78, 5) is 1.11. The van der Waals surface area contributed by atoms with Crippen molar-refractivity contribution in [3.05, 3.63) is 21.3 Å². The van der Waals surface area contributed by atoms with Gasteiger partial charge in [0.15, 0.2) is 0 Å². The van der Waals surface area contributed by atoms with Crippen LogP contribution in [-0.4, -0.2) is 0 Å². The van der Waals surface area contributed by atoms with E-state index in [1.807, 2.05) is 11.4 Å². The van der Waals surface area contributed by atoms with Crippen LogP contribution in [0, 0.1) is 11.8 Å². The third kappa shape index (κ3) is 2.46. The van der Waals surface area contributed by atoms with Crippen molar-refractivity contribution < 1.29 is 0 Å². The minimum absolute atomic E-state index is 0.0764. The van der Waals surface area contributed by atoms with Gasteiger partial charge in [0.05, 0.1) is 5.02 Å². The van der Waals surface area contributed by atoms with Crippen LogP contribution >= 0.6 is 22.9 Å². The number of thiophene rings is 1. The first-order valence-electron chi connectivity index (χ1n) is 4.52. The van der Waals surface area contributed by atoms with Crippen LogP contribution in [0.5, 0.6) is 0 Å². The van der Waals surface area contributed by atoms with Gasteiger partial charge in [0.1, 0.15) is 0 Å². The Kier molecular flexibility index (Phi) is 3.77. The van der Waals surface area contributed by atoms with Gasteiger partial charge in [-0.25, -0.2) is 0 Å². The van der Waals surface area contributed by atoms with E-state index in [-0.39, 0.29) is 6.04 Å². The maximum atomic E-state index is 6.11. The smallest absolute Gasteiger partial charge is 0.0561 e. The number of halogens is 1. The molecule has 1 aromatic heterocycles. The van der Waals surface area contributed by atoms with Crippen LogP contribution in [0.1, 0.15) is 31.7 Å². The summed E-state index contributed by atoms with van der Waals surface area (Å²) in [7, 11) is 0. The Morgan fingerprint density at radius 3 is 2.38 bits per heavy atom. The summed E-state index contributed by atoms with van der Waals surface area (Å²) in [5.41, 5.74) is 6.11. The first-order valence-corrected chi connectivity index (χ1v) is 5.78. The van der Waals surface area contributed by atoms with E-state index in [1.165, 1.54) is 0 Å². The lowest BCUT2D eigenvalue weighted by Gasteiger charge is -2.22. The van der Waals surface area contributed by atoms with Crippen LogP contribution in [-0.2, 0) is 0 Å². The lowest BCUT2D eigenvalue weighted by Crippen LogP contribution is -2.22. The highest BCUT2D eigenvalue weighted by Crippen LogP contribution is 2.33. The second kappa shape index (κ2) is 4.45. The van der Waals surface area contributed by atoms with Gasteiger partial charge >= 0.3 is 0 Å². The van der Waals surface area contributed by atoms with Gasteiger partial charge in [0.2, 0.25) is 0 Å². The Hall–Kier alpha value is -0.0500. The van der Waals surface area contributed by atoms with Gasteiger partial charge in [-0.05, 0) is 23.3 Å². The van der Waals surface area contributed by atoms with E-state index in [0.29, 0.717) is 11.8 Å². The van der Waals surface area contributed by atoms with Crippen molar-refractivity contribution in [2.45, 2.75) is 26.8 Å². The fraction of sp³-hybridized carbons (Fsp3) is 0.600. The zero-order valence-electron chi connectivity index (χ0n) is 8.25. The molecule has 0 bridgehead atoms. The van der Waals surface area contributed by atoms with Crippen LogP contribution in [0.15, 0.2) is 11.4 Å². The molecule has 1 nitrogen and oxygen atoms in total. The molecule has 1 heterocycles. The minimum atomic E-state index is 0.0764. The highest BCUT2D eigenvalue weighted by Gasteiger charge is 2.20. The quantitative estimate of drug-likeness (QED) is 0.821. The second-order valence-electron chi connectivity index (χ2n) is 3.76. The summed E-state index contributed by atoms with van der Waals surface area (Å²) in [6.45, 7) is 6.55. The van der Waals surface area contributed by atoms with E-state index in [0.717, 1.165) is 9.90 Å². The van der Waals surface area contributed by atoms with Gasteiger partial charge in [0.25, 0.3) is 0 Å². The summed E-state index contributed by atoms with van der Waals surface area (Å²) < 4.78 is 0. The average Bonchev–Trinajstić information content (AvgIpc) is 2.48. The van der Waals surface area contributed by atoms with Crippen LogP contribution in [0.25, 0.3) is 0 Å². The molecule has 2 unspecified atom stereocenters. The zero-order valence-corrected chi connectivity index (χ0v) is 9.82. The van der Waals surface area contributed by atoms with Gasteiger partial charge in [-0.15, -0.1) is 11.3 Å². The predicted octanol–water partition coefficient (Wildman–Crippen LogP) is 3.69. The van der Waals surface area contributed by atoms with Crippen LogP contribution in [0.2, 0.25) is 5.02 Å². The molecule has 2 N–H and O–H groups in total. The summed E-state index contributed by atoms with van der Waals surface area (Å²) >= 11 is 7.66. The first kappa shape index (κ1) is 11.0. The van der Waals surface area contributed by atoms with E-state index in [9.17, 15) is 0 Å². The first-order chi connectivity index (χ1) is 6.04. The molecule has 0 saturated carbocycles. The topological polar surface area (TPSA) is 26.0 Å². The molecular formula is C10H16ClNS. The summed E-state index contributed by atoms with van der Waals surface area (Å²) in [6, 6.07) is 1.99. The lowest BCUT2D eigenvalue weighted by atomic mass is 9.90. The molecule has 0 amide bonds. The molecular weight excluding hydrogens is 202 g/mol. The Morgan fingerprint density at radius 1 is 1.38 bits per heavy atom. The average molecular weight is 218 g/mol. The summed E-state index contributed by atoms with van der Waals surface area (Å²) in [5.74, 6) is 1.06. The van der Waals surface area contributed by atoms with E-state index < -0.39 is 0 Å². The number of rotatable bonds is 3. The van der Waals surface area contributed by atoms with Crippen molar-refractivity contribution in [3.63, 3.8) is 0 Å². The molecule has 0 aliphatic carbocycles. The Balaban J connectivity index is 2.79. The third-order valence-electron chi connectivity index (χ3n) is 2.57. The van der Waals surface area contributed by atoms with Crippen molar-refractivity contribution in [3.8, 4) is 0 Å². The molecule has 0 aromatic carbocycles. The molecule has 13 heavy (non-hydrogen) atoms. The van der Waals surface area contributed by atoms with Crippen molar-refractivity contribution in [1.29, 1.82) is 0 Å². The molecule has 0 aliphatic rings. The van der Waals surface area contributed by atoms with Gasteiger partial charge < -0.3 is 5.73 Å². The Morgan fingerprint density at radius 2 is 2.00 bits per heavy atom. The Labute approximate surface area is 88.9 Å².